The van der Waals surface area contributed by atoms with Crippen LogP contribution < -0.4 is 5.32 Å². The SMILES string of the molecule is COC(C)(C)CC(=O)NCCC(C)CCC(=O)O. The zero-order valence-corrected chi connectivity index (χ0v) is 11.8. The average Bonchev–Trinajstić information content (AvgIpc) is 2.25. The van der Waals surface area contributed by atoms with Crippen molar-refractivity contribution in [2.45, 2.75) is 52.1 Å². The van der Waals surface area contributed by atoms with Crippen LogP contribution >= 0.6 is 0 Å². The van der Waals surface area contributed by atoms with Crippen LogP contribution in [0.25, 0.3) is 0 Å². The first-order chi connectivity index (χ1) is 8.26. The Kier molecular flexibility index (Phi) is 7.59. The molecular weight excluding hydrogens is 234 g/mol. The van der Waals surface area contributed by atoms with E-state index < -0.39 is 11.6 Å². The number of ether oxygens (including phenoxy) is 1. The van der Waals surface area contributed by atoms with Crippen molar-refractivity contribution >= 4 is 11.9 Å². The summed E-state index contributed by atoms with van der Waals surface area (Å²) in [6.45, 7) is 6.30. The number of hydrogen-bond donors (Lipinski definition) is 2. The van der Waals surface area contributed by atoms with Gasteiger partial charge in [0.15, 0.2) is 0 Å². The summed E-state index contributed by atoms with van der Waals surface area (Å²) in [6.07, 6.45) is 1.96. The quantitative estimate of drug-likeness (QED) is 0.662. The van der Waals surface area contributed by atoms with E-state index in [9.17, 15) is 9.59 Å². The molecular formula is C13H25NO4. The molecule has 0 aliphatic carbocycles. The Balaban J connectivity index is 3.71. The molecule has 0 aromatic carbocycles. The second-order valence-electron chi connectivity index (χ2n) is 5.32. The number of carbonyl (C=O) groups is 2. The van der Waals surface area contributed by atoms with Crippen molar-refractivity contribution in [3.63, 3.8) is 0 Å². The third kappa shape index (κ3) is 8.98. The van der Waals surface area contributed by atoms with Crippen molar-refractivity contribution in [3.05, 3.63) is 0 Å². The summed E-state index contributed by atoms with van der Waals surface area (Å²) >= 11 is 0. The fourth-order valence-corrected chi connectivity index (χ4v) is 1.49. The first-order valence-electron chi connectivity index (χ1n) is 6.30. The second kappa shape index (κ2) is 8.08. The van der Waals surface area contributed by atoms with Crippen LogP contribution in [0.4, 0.5) is 0 Å². The van der Waals surface area contributed by atoms with Crippen molar-refractivity contribution in [1.82, 2.24) is 5.32 Å². The van der Waals surface area contributed by atoms with Gasteiger partial charge in [0.1, 0.15) is 0 Å². The lowest BCUT2D eigenvalue weighted by Gasteiger charge is -2.22. The highest BCUT2D eigenvalue weighted by molar-refractivity contribution is 5.76. The lowest BCUT2D eigenvalue weighted by molar-refractivity contribution is -0.137. The second-order valence-corrected chi connectivity index (χ2v) is 5.32. The van der Waals surface area contributed by atoms with Gasteiger partial charge in [0.2, 0.25) is 5.91 Å². The Morgan fingerprint density at radius 3 is 2.44 bits per heavy atom. The van der Waals surface area contributed by atoms with Crippen LogP contribution in [0.1, 0.15) is 46.5 Å². The standard InChI is InChI=1S/C13H25NO4/c1-10(5-6-12(16)17)7-8-14-11(15)9-13(2,3)18-4/h10H,5-9H2,1-4H3,(H,14,15)(H,16,17). The van der Waals surface area contributed by atoms with Gasteiger partial charge in [-0.15, -0.1) is 0 Å². The molecule has 0 fully saturated rings. The smallest absolute Gasteiger partial charge is 0.303 e. The molecule has 5 heteroatoms. The number of amides is 1. The Hall–Kier alpha value is -1.10. The first-order valence-corrected chi connectivity index (χ1v) is 6.30. The molecule has 5 nitrogen and oxygen atoms in total. The van der Waals surface area contributed by atoms with Crippen LogP contribution in [-0.2, 0) is 14.3 Å². The fourth-order valence-electron chi connectivity index (χ4n) is 1.49. The van der Waals surface area contributed by atoms with Crippen LogP contribution in [-0.4, -0.2) is 36.2 Å². The monoisotopic (exact) mass is 259 g/mol. The molecule has 2 N–H and O–H groups in total. The lowest BCUT2D eigenvalue weighted by Crippen LogP contribution is -2.34. The molecule has 0 rings (SSSR count). The molecule has 1 atom stereocenters. The number of nitrogens with one attached hydrogen (secondary N) is 1. The largest absolute Gasteiger partial charge is 0.481 e. The minimum atomic E-state index is -0.771. The first kappa shape index (κ1) is 16.9. The van der Waals surface area contributed by atoms with Gasteiger partial charge < -0.3 is 15.2 Å². The number of aliphatic carboxylic acids is 1. The van der Waals surface area contributed by atoms with Crippen LogP contribution in [0.15, 0.2) is 0 Å². The van der Waals surface area contributed by atoms with E-state index in [1.54, 1.807) is 7.11 Å². The highest BCUT2D eigenvalue weighted by atomic mass is 16.5. The van der Waals surface area contributed by atoms with E-state index >= 15 is 0 Å². The van der Waals surface area contributed by atoms with Crippen molar-refractivity contribution in [3.8, 4) is 0 Å². The molecule has 0 aliphatic heterocycles. The number of methoxy groups -OCH3 is 1. The van der Waals surface area contributed by atoms with Crippen molar-refractivity contribution in [1.29, 1.82) is 0 Å². The Morgan fingerprint density at radius 1 is 1.33 bits per heavy atom. The lowest BCUT2D eigenvalue weighted by atomic mass is 10.0. The van der Waals surface area contributed by atoms with Crippen molar-refractivity contribution in [2.24, 2.45) is 5.92 Å². The molecule has 0 saturated heterocycles. The zero-order valence-electron chi connectivity index (χ0n) is 11.8. The number of carboxylic acid groups (broad SMARTS) is 1. The molecule has 106 valence electrons. The van der Waals surface area contributed by atoms with E-state index in [1.165, 1.54) is 0 Å². The van der Waals surface area contributed by atoms with E-state index in [2.05, 4.69) is 5.32 Å². The Bertz CT molecular complexity index is 276. The Labute approximate surface area is 109 Å². The summed E-state index contributed by atoms with van der Waals surface area (Å²) in [7, 11) is 1.58. The molecule has 1 unspecified atom stereocenters. The summed E-state index contributed by atoms with van der Waals surface area (Å²) in [5, 5.41) is 11.4. The molecule has 1 amide bonds. The normalized spacial score (nSPS) is 13.1. The van der Waals surface area contributed by atoms with Gasteiger partial charge in [-0.3, -0.25) is 9.59 Å². The van der Waals surface area contributed by atoms with E-state index in [0.717, 1.165) is 6.42 Å². The van der Waals surface area contributed by atoms with Gasteiger partial charge in [0.25, 0.3) is 0 Å². The molecule has 0 heterocycles. The summed E-state index contributed by atoms with van der Waals surface area (Å²) in [4.78, 5) is 22.0. The highest BCUT2D eigenvalue weighted by Crippen LogP contribution is 2.13. The van der Waals surface area contributed by atoms with Crippen molar-refractivity contribution in [2.75, 3.05) is 13.7 Å². The predicted octanol–water partition coefficient (Wildman–Crippen LogP) is 1.81. The van der Waals surface area contributed by atoms with Crippen LogP contribution in [0, 0.1) is 5.92 Å². The molecule has 0 aliphatic rings. The molecule has 0 spiro atoms. The average molecular weight is 259 g/mol. The number of hydrogen-bond acceptors (Lipinski definition) is 3. The third-order valence-electron chi connectivity index (χ3n) is 2.95. The molecule has 0 bridgehead atoms. The van der Waals surface area contributed by atoms with Gasteiger partial charge in [-0.25, -0.2) is 0 Å². The predicted molar refractivity (Wildman–Crippen MR) is 69.4 cm³/mol. The van der Waals surface area contributed by atoms with E-state index in [0.29, 0.717) is 25.3 Å². The number of rotatable bonds is 9. The maximum absolute atomic E-state index is 11.6. The molecule has 0 saturated carbocycles. The van der Waals surface area contributed by atoms with E-state index in [1.807, 2.05) is 20.8 Å². The van der Waals surface area contributed by atoms with Gasteiger partial charge in [-0.1, -0.05) is 6.92 Å². The minimum Gasteiger partial charge on any atom is -0.481 e. The molecule has 0 radical (unpaired) electrons. The fraction of sp³-hybridized carbons (Fsp3) is 0.846. The zero-order chi connectivity index (χ0) is 14.2. The van der Waals surface area contributed by atoms with Gasteiger partial charge in [0, 0.05) is 20.1 Å². The Morgan fingerprint density at radius 2 is 1.94 bits per heavy atom. The molecule has 0 aromatic rings. The van der Waals surface area contributed by atoms with Gasteiger partial charge in [0.05, 0.1) is 12.0 Å². The van der Waals surface area contributed by atoms with Crippen LogP contribution in [0.3, 0.4) is 0 Å². The van der Waals surface area contributed by atoms with E-state index in [-0.39, 0.29) is 12.3 Å². The maximum Gasteiger partial charge on any atom is 0.303 e. The summed E-state index contributed by atoms with van der Waals surface area (Å²) in [5.41, 5.74) is -0.445. The highest BCUT2D eigenvalue weighted by Gasteiger charge is 2.20. The molecule has 0 aromatic heterocycles. The minimum absolute atomic E-state index is 0.0349. The van der Waals surface area contributed by atoms with Crippen LogP contribution in [0.2, 0.25) is 0 Å². The number of carbonyl (C=O) groups excluding carboxylic acids is 1. The number of carboxylic acids is 1. The van der Waals surface area contributed by atoms with Gasteiger partial charge >= 0.3 is 5.97 Å². The van der Waals surface area contributed by atoms with Crippen LogP contribution in [0.5, 0.6) is 0 Å². The topological polar surface area (TPSA) is 75.6 Å². The third-order valence-corrected chi connectivity index (χ3v) is 2.95. The van der Waals surface area contributed by atoms with Gasteiger partial charge in [-0.05, 0) is 32.6 Å². The van der Waals surface area contributed by atoms with Gasteiger partial charge in [-0.2, -0.15) is 0 Å². The molecule has 18 heavy (non-hydrogen) atoms. The van der Waals surface area contributed by atoms with E-state index in [4.69, 9.17) is 9.84 Å². The summed E-state index contributed by atoms with van der Waals surface area (Å²) in [5.74, 6) is -0.503. The maximum atomic E-state index is 11.6. The summed E-state index contributed by atoms with van der Waals surface area (Å²) in [6, 6.07) is 0. The summed E-state index contributed by atoms with van der Waals surface area (Å²) < 4.78 is 5.17. The van der Waals surface area contributed by atoms with Crippen molar-refractivity contribution < 1.29 is 19.4 Å².